The molecule has 56 valence electrons. The Morgan fingerprint density at radius 2 is 2.30 bits per heavy atom. The predicted molar refractivity (Wildman–Crippen MR) is 38.4 cm³/mol. The fourth-order valence-electron chi connectivity index (χ4n) is 0.354. The molecule has 10 heavy (non-hydrogen) atoms. The first-order valence-corrected chi connectivity index (χ1v) is 2.82. The molecule has 0 spiro atoms. The third-order valence-electron chi connectivity index (χ3n) is 0.831. The van der Waals surface area contributed by atoms with Crippen LogP contribution in [0.15, 0.2) is 10.7 Å². The summed E-state index contributed by atoms with van der Waals surface area (Å²) in [6.07, 6.45) is 0.682. The van der Waals surface area contributed by atoms with E-state index in [0.29, 0.717) is 6.21 Å². The van der Waals surface area contributed by atoms with Gasteiger partial charge >= 0.3 is 5.97 Å². The van der Waals surface area contributed by atoms with Crippen LogP contribution in [0.1, 0.15) is 0 Å². The van der Waals surface area contributed by atoms with Gasteiger partial charge in [-0.3, -0.25) is 0 Å². The van der Waals surface area contributed by atoms with Crippen molar-refractivity contribution in [2.75, 3.05) is 7.05 Å². The predicted octanol–water partition coefficient (Wildman–Crippen LogP) is 0.390. The zero-order chi connectivity index (χ0) is 8.15. The smallest absolute Gasteiger partial charge is 0.340 e. The van der Waals surface area contributed by atoms with E-state index in [0.717, 1.165) is 0 Å². The number of hydrogen-bond acceptors (Lipinski definition) is 3. The summed E-state index contributed by atoms with van der Waals surface area (Å²) < 4.78 is 0. The molecular weight excluding hydrogens is 156 g/mol. The van der Waals surface area contributed by atoms with Crippen molar-refractivity contribution in [2.45, 2.75) is 0 Å². The molecule has 0 heterocycles. The lowest BCUT2D eigenvalue weighted by Gasteiger charge is -1.97. The second-order valence-electron chi connectivity index (χ2n) is 1.43. The van der Waals surface area contributed by atoms with Crippen LogP contribution in [0.4, 0.5) is 0 Å². The topological polar surface area (TPSA) is 73.2 Å². The average Bonchev–Trinajstić information content (AvgIpc) is 1.88. The largest absolute Gasteiger partial charge is 0.478 e. The molecule has 3 N–H and O–H groups in total. The van der Waals surface area contributed by atoms with Gasteiger partial charge in [-0.2, -0.15) is 0 Å². The fourth-order valence-corrected chi connectivity index (χ4v) is 0.489. The van der Waals surface area contributed by atoms with Crippen molar-refractivity contribution in [3.63, 3.8) is 0 Å². The second-order valence-corrected chi connectivity index (χ2v) is 1.81. The van der Waals surface area contributed by atoms with Crippen molar-refractivity contribution in [1.82, 2.24) is 5.32 Å². The van der Waals surface area contributed by atoms with Gasteiger partial charge in [-0.15, -0.1) is 0 Å². The minimum Gasteiger partial charge on any atom is -0.478 e. The Kier molecular flexibility index (Phi) is 3.49. The number of aliphatic carboxylic acids is 1. The summed E-state index contributed by atoms with van der Waals surface area (Å²) in [5.74, 6) is -1.21. The molecule has 0 aromatic heterocycles. The van der Waals surface area contributed by atoms with E-state index in [-0.39, 0.29) is 10.7 Å². The van der Waals surface area contributed by atoms with Gasteiger partial charge in [-0.05, 0) is 0 Å². The summed E-state index contributed by atoms with van der Waals surface area (Å²) in [6, 6.07) is 0. The number of carboxylic acid groups (broad SMARTS) is 1. The van der Waals surface area contributed by atoms with Crippen molar-refractivity contribution < 1.29 is 9.90 Å². The molecule has 0 rings (SSSR count). The van der Waals surface area contributed by atoms with Gasteiger partial charge < -0.3 is 15.8 Å². The van der Waals surface area contributed by atoms with Crippen LogP contribution in [0.25, 0.3) is 0 Å². The molecule has 0 fully saturated rings. The standard InChI is InChI=1S/C5H7ClN2O2/c1-8-4(6)3(2-7)5(9)10/h2,7-8H,1H3,(H,9,10)/b4-3+,7-2?. The van der Waals surface area contributed by atoms with E-state index in [1.54, 1.807) is 0 Å². The molecular formula is C5H7ClN2O2. The maximum Gasteiger partial charge on any atom is 0.340 e. The number of carboxylic acids is 1. The Labute approximate surface area is 63.0 Å². The van der Waals surface area contributed by atoms with Crippen LogP contribution < -0.4 is 5.32 Å². The molecule has 0 saturated carbocycles. The van der Waals surface area contributed by atoms with Crippen molar-refractivity contribution in [3.05, 3.63) is 10.7 Å². The Morgan fingerprint density at radius 1 is 1.80 bits per heavy atom. The summed E-state index contributed by atoms with van der Waals surface area (Å²) in [6.45, 7) is 0. The fraction of sp³-hybridized carbons (Fsp3) is 0.200. The van der Waals surface area contributed by atoms with E-state index < -0.39 is 5.97 Å². The average molecular weight is 163 g/mol. The lowest BCUT2D eigenvalue weighted by atomic mass is 10.3. The van der Waals surface area contributed by atoms with Crippen LogP contribution in [0.5, 0.6) is 0 Å². The lowest BCUT2D eigenvalue weighted by molar-refractivity contribution is -0.132. The summed E-state index contributed by atoms with van der Waals surface area (Å²) in [5.41, 5.74) is -0.246. The summed E-state index contributed by atoms with van der Waals surface area (Å²) >= 11 is 5.36. The monoisotopic (exact) mass is 162 g/mol. The maximum atomic E-state index is 10.2. The van der Waals surface area contributed by atoms with E-state index >= 15 is 0 Å². The number of nitrogens with one attached hydrogen (secondary N) is 2. The van der Waals surface area contributed by atoms with Crippen LogP contribution >= 0.6 is 11.6 Å². The SMILES string of the molecule is CN/C(Cl)=C(\C=N)C(=O)O. The summed E-state index contributed by atoms with van der Waals surface area (Å²) in [5, 5.41) is 17.3. The van der Waals surface area contributed by atoms with Gasteiger partial charge in [0.15, 0.2) is 0 Å². The Morgan fingerprint density at radius 3 is 2.40 bits per heavy atom. The van der Waals surface area contributed by atoms with Gasteiger partial charge in [0.1, 0.15) is 10.7 Å². The van der Waals surface area contributed by atoms with Gasteiger partial charge in [-0.1, -0.05) is 11.6 Å². The highest BCUT2D eigenvalue weighted by atomic mass is 35.5. The quantitative estimate of drug-likeness (QED) is 0.319. The molecule has 0 amide bonds. The molecule has 0 aliphatic rings. The van der Waals surface area contributed by atoms with Crippen LogP contribution in [-0.2, 0) is 4.79 Å². The van der Waals surface area contributed by atoms with E-state index in [2.05, 4.69) is 5.32 Å². The van der Waals surface area contributed by atoms with Gasteiger partial charge in [-0.25, -0.2) is 4.79 Å². The number of hydrogen-bond donors (Lipinski definition) is 3. The number of rotatable bonds is 3. The minimum atomic E-state index is -1.21. The summed E-state index contributed by atoms with van der Waals surface area (Å²) in [4.78, 5) is 10.2. The van der Waals surface area contributed by atoms with Gasteiger partial charge in [0, 0.05) is 13.3 Å². The second kappa shape index (κ2) is 3.90. The van der Waals surface area contributed by atoms with E-state index in [1.165, 1.54) is 7.05 Å². The van der Waals surface area contributed by atoms with Crippen molar-refractivity contribution >= 4 is 23.8 Å². The van der Waals surface area contributed by atoms with E-state index in [1.807, 2.05) is 0 Å². The molecule has 0 atom stereocenters. The Balaban J connectivity index is 4.62. The first kappa shape index (κ1) is 8.97. The highest BCUT2D eigenvalue weighted by molar-refractivity contribution is 6.33. The summed E-state index contributed by atoms with van der Waals surface area (Å²) in [7, 11) is 1.48. The van der Waals surface area contributed by atoms with E-state index in [4.69, 9.17) is 22.1 Å². The van der Waals surface area contributed by atoms with Crippen molar-refractivity contribution in [1.29, 1.82) is 5.41 Å². The number of carbonyl (C=O) groups is 1. The zero-order valence-electron chi connectivity index (χ0n) is 5.31. The third kappa shape index (κ3) is 2.06. The van der Waals surface area contributed by atoms with Crippen LogP contribution in [0.3, 0.4) is 0 Å². The lowest BCUT2D eigenvalue weighted by Crippen LogP contribution is -2.11. The first-order valence-electron chi connectivity index (χ1n) is 2.44. The molecule has 0 aromatic carbocycles. The first-order chi connectivity index (χ1) is 4.63. The molecule has 0 bridgehead atoms. The molecule has 0 aliphatic carbocycles. The van der Waals surface area contributed by atoms with E-state index in [9.17, 15) is 4.79 Å². The zero-order valence-corrected chi connectivity index (χ0v) is 6.07. The third-order valence-corrected chi connectivity index (χ3v) is 1.22. The van der Waals surface area contributed by atoms with Crippen LogP contribution in [-0.4, -0.2) is 24.3 Å². The van der Waals surface area contributed by atoms with Crippen LogP contribution in [0.2, 0.25) is 0 Å². The Hall–Kier alpha value is -1.03. The molecule has 0 radical (unpaired) electrons. The van der Waals surface area contributed by atoms with Gasteiger partial charge in [0.25, 0.3) is 0 Å². The van der Waals surface area contributed by atoms with Crippen molar-refractivity contribution in [2.24, 2.45) is 0 Å². The number of halogens is 1. The van der Waals surface area contributed by atoms with Crippen LogP contribution in [0, 0.1) is 5.41 Å². The molecule has 0 aliphatic heterocycles. The molecule has 5 heteroatoms. The van der Waals surface area contributed by atoms with Gasteiger partial charge in [0.2, 0.25) is 0 Å². The Bertz CT molecular complexity index is 188. The molecule has 0 unspecified atom stereocenters. The highest BCUT2D eigenvalue weighted by Crippen LogP contribution is 2.02. The molecule has 0 aromatic rings. The maximum absolute atomic E-state index is 10.2. The molecule has 4 nitrogen and oxygen atoms in total. The minimum absolute atomic E-state index is 0.0394. The van der Waals surface area contributed by atoms with Crippen molar-refractivity contribution in [3.8, 4) is 0 Å². The highest BCUT2D eigenvalue weighted by Gasteiger charge is 2.07. The van der Waals surface area contributed by atoms with Gasteiger partial charge in [0.05, 0.1) is 0 Å². The normalized spacial score (nSPS) is 11.8. The molecule has 0 saturated heterocycles.